The highest BCUT2D eigenvalue weighted by atomic mass is 79.9. The number of H-pyrrole nitrogens is 1. The molecule has 3 aliphatic carbocycles. The quantitative estimate of drug-likeness (QED) is 0.184. The van der Waals surface area contributed by atoms with Crippen LogP contribution in [0.15, 0.2) is 150 Å². The van der Waals surface area contributed by atoms with Gasteiger partial charge in [-0.05, 0) is 135 Å². The van der Waals surface area contributed by atoms with Crippen LogP contribution in [0.25, 0.3) is 105 Å². The molecule has 0 amide bonds. The Bertz CT molecular complexity index is 3390. The van der Waals surface area contributed by atoms with Crippen molar-refractivity contribution in [2.45, 2.75) is 12.8 Å². The standard InChI is InChI=1S/C52H33BrN2S/c53-32-26-40(51-38-13-6-7-16-46(38)55(47(51)27-32)33-9-2-1-3-10-33)31-17-20-36-41-23-29(18-21-44(41)54-45(36)25-31)30-19-22-48-43(24-30)52-39-15-8-14-37-34-11-4-5-12-35(34)42(50(37)39)28-49(52)56-48/h1-22,25-30,54H,23-24H2. The topological polar surface area (TPSA) is 20.7 Å². The average molecular weight is 798 g/mol. The summed E-state index contributed by atoms with van der Waals surface area (Å²) >= 11 is 5.87. The van der Waals surface area contributed by atoms with Crippen LogP contribution in [0.2, 0.25) is 0 Å². The largest absolute Gasteiger partial charge is 0.355 e. The first-order valence-electron chi connectivity index (χ1n) is 19.6. The van der Waals surface area contributed by atoms with Crippen LogP contribution >= 0.6 is 27.3 Å². The number of allylic oxidation sites excluding steroid dienone is 2. The van der Waals surface area contributed by atoms with Crippen LogP contribution in [0.5, 0.6) is 0 Å². The van der Waals surface area contributed by atoms with Crippen LogP contribution in [-0.2, 0) is 12.8 Å². The first kappa shape index (κ1) is 31.3. The maximum Gasteiger partial charge on any atom is 0.0558 e. The van der Waals surface area contributed by atoms with Crippen LogP contribution in [0.1, 0.15) is 21.7 Å². The minimum Gasteiger partial charge on any atom is -0.355 e. The molecule has 56 heavy (non-hydrogen) atoms. The van der Waals surface area contributed by atoms with Gasteiger partial charge in [-0.1, -0.05) is 119 Å². The molecule has 13 rings (SSSR count). The van der Waals surface area contributed by atoms with Crippen molar-refractivity contribution in [2.75, 3.05) is 0 Å². The molecule has 0 aliphatic heterocycles. The number of para-hydroxylation sites is 2. The smallest absolute Gasteiger partial charge is 0.0558 e. The summed E-state index contributed by atoms with van der Waals surface area (Å²) in [5, 5.41) is 8.19. The molecular weight excluding hydrogens is 765 g/mol. The van der Waals surface area contributed by atoms with Crippen molar-refractivity contribution in [1.82, 2.24) is 9.55 Å². The fourth-order valence-corrected chi connectivity index (χ4v) is 12.1. The van der Waals surface area contributed by atoms with Gasteiger partial charge in [0.15, 0.2) is 0 Å². The fourth-order valence-electron chi connectivity index (χ4n) is 10.5. The zero-order chi connectivity index (χ0) is 36.6. The van der Waals surface area contributed by atoms with E-state index in [1.54, 1.807) is 0 Å². The molecule has 264 valence electrons. The SMILES string of the molecule is Brc1cc(-c2ccc3c4c([nH]c3c2)C=CC(C2C=Cc3sc5cc6c7c(cccc7c5c3C2)-c2ccccc2-6)C4)c2c3ccccc3n(-c3ccccc3)c2c1. The lowest BCUT2D eigenvalue weighted by molar-refractivity contribution is 0.468. The zero-order valence-electron chi connectivity index (χ0n) is 30.3. The van der Waals surface area contributed by atoms with Gasteiger partial charge in [-0.15, -0.1) is 11.3 Å². The van der Waals surface area contributed by atoms with Gasteiger partial charge in [0.05, 0.1) is 11.0 Å². The van der Waals surface area contributed by atoms with Gasteiger partial charge in [-0.25, -0.2) is 0 Å². The molecule has 0 saturated heterocycles. The van der Waals surface area contributed by atoms with Gasteiger partial charge in [0.25, 0.3) is 0 Å². The van der Waals surface area contributed by atoms with E-state index >= 15 is 0 Å². The molecule has 1 N–H and O–H groups in total. The molecule has 2 unspecified atom stereocenters. The van der Waals surface area contributed by atoms with Crippen molar-refractivity contribution in [3.8, 4) is 39.1 Å². The van der Waals surface area contributed by atoms with Crippen LogP contribution in [0, 0.1) is 11.8 Å². The molecule has 0 radical (unpaired) electrons. The van der Waals surface area contributed by atoms with E-state index < -0.39 is 0 Å². The van der Waals surface area contributed by atoms with Crippen LogP contribution in [0.3, 0.4) is 0 Å². The zero-order valence-corrected chi connectivity index (χ0v) is 32.7. The molecule has 0 spiro atoms. The molecule has 3 aromatic heterocycles. The number of rotatable bonds is 3. The lowest BCUT2D eigenvalue weighted by atomic mass is 9.77. The number of hydrogen-bond acceptors (Lipinski definition) is 1. The third-order valence-electron chi connectivity index (χ3n) is 12.9. The van der Waals surface area contributed by atoms with Crippen molar-refractivity contribution >= 4 is 93.0 Å². The third kappa shape index (κ3) is 4.31. The Morgan fingerprint density at radius 2 is 1.30 bits per heavy atom. The third-order valence-corrected chi connectivity index (χ3v) is 14.5. The first-order valence-corrected chi connectivity index (χ1v) is 21.2. The second-order valence-electron chi connectivity index (χ2n) is 15.8. The van der Waals surface area contributed by atoms with Gasteiger partial charge in [-0.3, -0.25) is 0 Å². The number of nitrogens with one attached hydrogen (secondary N) is 1. The Balaban J connectivity index is 0.869. The van der Waals surface area contributed by atoms with E-state index in [1.165, 1.54) is 114 Å². The molecule has 4 heteroatoms. The molecule has 7 aromatic carbocycles. The predicted octanol–water partition coefficient (Wildman–Crippen LogP) is 14.8. The molecule has 3 heterocycles. The van der Waals surface area contributed by atoms with Crippen LogP contribution in [0.4, 0.5) is 0 Å². The van der Waals surface area contributed by atoms with E-state index in [9.17, 15) is 0 Å². The number of thiophene rings is 1. The Morgan fingerprint density at radius 3 is 2.20 bits per heavy atom. The monoisotopic (exact) mass is 796 g/mol. The van der Waals surface area contributed by atoms with E-state index in [4.69, 9.17) is 0 Å². The molecule has 2 nitrogen and oxygen atoms in total. The van der Waals surface area contributed by atoms with Crippen LogP contribution in [-0.4, -0.2) is 9.55 Å². The number of aromatic nitrogens is 2. The van der Waals surface area contributed by atoms with E-state index in [2.05, 4.69) is 183 Å². The van der Waals surface area contributed by atoms with Crippen molar-refractivity contribution in [3.05, 3.63) is 172 Å². The second-order valence-corrected chi connectivity index (χ2v) is 17.8. The minimum absolute atomic E-state index is 0.440. The molecular formula is C52H33BrN2S. The maximum atomic E-state index is 3.90. The predicted molar refractivity (Wildman–Crippen MR) is 242 cm³/mol. The Hall–Kier alpha value is -5.94. The van der Waals surface area contributed by atoms with Crippen LogP contribution < -0.4 is 0 Å². The number of nitrogens with zero attached hydrogens (tertiary/aromatic N) is 1. The number of halogens is 1. The highest BCUT2D eigenvalue weighted by Gasteiger charge is 2.30. The van der Waals surface area contributed by atoms with Crippen molar-refractivity contribution < 1.29 is 0 Å². The number of aromatic amines is 1. The summed E-state index contributed by atoms with van der Waals surface area (Å²) in [5.74, 6) is 0.890. The molecule has 10 aromatic rings. The number of benzene rings is 7. The second kappa shape index (κ2) is 11.5. The fraction of sp³-hybridized carbons (Fsp3) is 0.0769. The van der Waals surface area contributed by atoms with Crippen molar-refractivity contribution in [3.63, 3.8) is 0 Å². The molecule has 0 fully saturated rings. The minimum atomic E-state index is 0.440. The Labute approximate surface area is 336 Å². The van der Waals surface area contributed by atoms with Gasteiger partial charge in [0.1, 0.15) is 0 Å². The highest BCUT2D eigenvalue weighted by Crippen LogP contribution is 2.53. The summed E-state index contributed by atoms with van der Waals surface area (Å²) < 4.78 is 4.88. The molecule has 0 saturated carbocycles. The van der Waals surface area contributed by atoms with Crippen molar-refractivity contribution in [2.24, 2.45) is 11.8 Å². The average Bonchev–Trinajstić information content (AvgIpc) is 3.98. The number of hydrogen-bond donors (Lipinski definition) is 1. The molecule has 3 aliphatic rings. The summed E-state index contributed by atoms with van der Waals surface area (Å²) in [4.78, 5) is 5.27. The van der Waals surface area contributed by atoms with Gasteiger partial charge in [0.2, 0.25) is 0 Å². The van der Waals surface area contributed by atoms with Gasteiger partial charge < -0.3 is 9.55 Å². The van der Waals surface area contributed by atoms with Gasteiger partial charge in [-0.2, -0.15) is 0 Å². The Kier molecular flexibility index (Phi) is 6.45. The van der Waals surface area contributed by atoms with E-state index in [-0.39, 0.29) is 0 Å². The van der Waals surface area contributed by atoms with Crippen molar-refractivity contribution in [1.29, 1.82) is 0 Å². The van der Waals surface area contributed by atoms with Gasteiger partial charge >= 0.3 is 0 Å². The van der Waals surface area contributed by atoms with E-state index in [0.717, 1.165) is 17.3 Å². The Morgan fingerprint density at radius 1 is 0.554 bits per heavy atom. The highest BCUT2D eigenvalue weighted by molar-refractivity contribution is 9.10. The summed E-state index contributed by atoms with van der Waals surface area (Å²) in [6.07, 6.45) is 11.9. The molecule has 0 bridgehead atoms. The summed E-state index contributed by atoms with van der Waals surface area (Å²) in [6.45, 7) is 0. The first-order chi connectivity index (χ1) is 27.7. The lowest BCUT2D eigenvalue weighted by Gasteiger charge is -2.27. The normalized spacial score (nSPS) is 16.7. The maximum absolute atomic E-state index is 3.90. The van der Waals surface area contributed by atoms with Gasteiger partial charge in [0, 0.05) is 52.5 Å². The summed E-state index contributed by atoms with van der Waals surface area (Å²) in [5.41, 5.74) is 17.0. The summed E-state index contributed by atoms with van der Waals surface area (Å²) in [6, 6.07) is 49.5. The van der Waals surface area contributed by atoms with E-state index in [1.807, 2.05) is 11.3 Å². The summed E-state index contributed by atoms with van der Waals surface area (Å²) in [7, 11) is 0. The number of fused-ring (bicyclic) bond motifs is 13. The molecule has 2 atom stereocenters. The lowest BCUT2D eigenvalue weighted by Crippen LogP contribution is -2.20. The van der Waals surface area contributed by atoms with E-state index in [0.29, 0.717) is 11.8 Å².